The van der Waals surface area contributed by atoms with Crippen molar-refractivity contribution in [3.8, 4) is 0 Å². The number of anilines is 2. The first-order chi connectivity index (χ1) is 14.0. The number of nitrogens with zero attached hydrogens (tertiary/aromatic N) is 2. The Morgan fingerprint density at radius 3 is 2.60 bits per heavy atom. The van der Waals surface area contributed by atoms with E-state index in [1.54, 1.807) is 23.1 Å². The summed E-state index contributed by atoms with van der Waals surface area (Å²) < 4.78 is 5.47. The normalized spacial score (nSPS) is 13.4. The Labute approximate surface area is 178 Å². The monoisotopic (exact) mass is 431 g/mol. The molecule has 30 heavy (non-hydrogen) atoms. The highest BCUT2D eigenvalue weighted by molar-refractivity contribution is 6.31. The smallest absolute Gasteiger partial charge is 0.414 e. The summed E-state index contributed by atoms with van der Waals surface area (Å²) in [5, 5.41) is 14.1. The van der Waals surface area contributed by atoms with Crippen LogP contribution in [0.1, 0.15) is 43.1 Å². The van der Waals surface area contributed by atoms with Crippen molar-refractivity contribution in [1.82, 2.24) is 0 Å². The van der Waals surface area contributed by atoms with Crippen LogP contribution in [0, 0.1) is 10.1 Å². The molecule has 0 unspecified atom stereocenters. The molecule has 1 aliphatic rings. The number of nitro benzene ring substituents is 1. The van der Waals surface area contributed by atoms with Crippen molar-refractivity contribution in [3.05, 3.63) is 62.7 Å². The van der Waals surface area contributed by atoms with Gasteiger partial charge in [0.05, 0.1) is 10.6 Å². The highest BCUT2D eigenvalue weighted by Gasteiger charge is 2.28. The molecule has 0 spiro atoms. The number of aryl methyl sites for hydroxylation is 1. The lowest BCUT2D eigenvalue weighted by Crippen LogP contribution is -2.39. The second-order valence-electron chi connectivity index (χ2n) is 7.95. The van der Waals surface area contributed by atoms with Crippen molar-refractivity contribution in [3.63, 3.8) is 0 Å². The number of fused-ring (bicyclic) bond motifs is 1. The molecule has 0 saturated heterocycles. The largest absolute Gasteiger partial charge is 0.443 e. The molecule has 2 aromatic rings. The molecular formula is C21H22ClN3O5. The minimum Gasteiger partial charge on any atom is -0.443 e. The molecule has 0 aromatic heterocycles. The van der Waals surface area contributed by atoms with Crippen LogP contribution < -0.4 is 10.2 Å². The second kappa shape index (κ2) is 8.31. The molecule has 1 N–H and O–H groups in total. The number of hydrogen-bond donors (Lipinski definition) is 1. The maximum atomic E-state index is 12.6. The Morgan fingerprint density at radius 2 is 1.93 bits per heavy atom. The van der Waals surface area contributed by atoms with Crippen molar-refractivity contribution in [2.45, 2.75) is 39.2 Å². The summed E-state index contributed by atoms with van der Waals surface area (Å²) in [6.07, 6.45) is 1.07. The van der Waals surface area contributed by atoms with E-state index in [9.17, 15) is 19.7 Å². The third-order valence-electron chi connectivity index (χ3n) is 4.47. The van der Waals surface area contributed by atoms with Crippen LogP contribution in [0.3, 0.4) is 0 Å². The van der Waals surface area contributed by atoms with Gasteiger partial charge in [0.1, 0.15) is 11.2 Å². The molecule has 0 aliphatic carbocycles. The Bertz CT molecular complexity index is 1020. The number of carbonyl (C=O) groups is 2. The predicted molar refractivity (Wildman–Crippen MR) is 114 cm³/mol. The van der Waals surface area contributed by atoms with Crippen molar-refractivity contribution < 1.29 is 19.2 Å². The van der Waals surface area contributed by atoms with E-state index in [2.05, 4.69) is 5.32 Å². The lowest BCUT2D eigenvalue weighted by atomic mass is 10.0. The van der Waals surface area contributed by atoms with Crippen LogP contribution in [-0.4, -0.2) is 29.1 Å². The Hall–Kier alpha value is -3.13. The van der Waals surface area contributed by atoms with Crippen LogP contribution in [0.2, 0.25) is 5.02 Å². The Kier molecular flexibility index (Phi) is 5.98. The molecule has 0 fully saturated rings. The molecule has 0 atom stereocenters. The van der Waals surface area contributed by atoms with Crippen molar-refractivity contribution >= 4 is 40.7 Å². The summed E-state index contributed by atoms with van der Waals surface area (Å²) >= 11 is 5.81. The van der Waals surface area contributed by atoms with E-state index in [1.807, 2.05) is 20.8 Å². The second-order valence-corrected chi connectivity index (χ2v) is 8.39. The number of carbonyl (C=O) groups excluding carboxylic acids is 2. The van der Waals surface area contributed by atoms with Gasteiger partial charge in [-0.05, 0) is 69.5 Å². The van der Waals surface area contributed by atoms with E-state index in [1.165, 1.54) is 12.1 Å². The zero-order chi connectivity index (χ0) is 22.1. The van der Waals surface area contributed by atoms with Gasteiger partial charge in [0, 0.05) is 23.3 Å². The van der Waals surface area contributed by atoms with Gasteiger partial charge in [-0.15, -0.1) is 0 Å². The van der Waals surface area contributed by atoms with E-state index in [0.29, 0.717) is 12.2 Å². The van der Waals surface area contributed by atoms with Crippen LogP contribution in [0.25, 0.3) is 0 Å². The predicted octanol–water partition coefficient (Wildman–Crippen LogP) is 5.19. The van der Waals surface area contributed by atoms with E-state index in [0.717, 1.165) is 30.2 Å². The highest BCUT2D eigenvalue weighted by atomic mass is 35.5. The van der Waals surface area contributed by atoms with Gasteiger partial charge in [0.15, 0.2) is 0 Å². The summed E-state index contributed by atoms with van der Waals surface area (Å²) in [5.41, 5.74) is 1.04. The van der Waals surface area contributed by atoms with Crippen molar-refractivity contribution in [2.24, 2.45) is 0 Å². The maximum absolute atomic E-state index is 12.6. The average molecular weight is 432 g/mol. The molecule has 0 saturated carbocycles. The maximum Gasteiger partial charge on any atom is 0.414 e. The van der Waals surface area contributed by atoms with Crippen LogP contribution in [0.4, 0.5) is 21.9 Å². The van der Waals surface area contributed by atoms with E-state index >= 15 is 0 Å². The summed E-state index contributed by atoms with van der Waals surface area (Å²) in [6, 6.07) is 9.05. The zero-order valence-electron chi connectivity index (χ0n) is 16.9. The molecule has 9 heteroatoms. The number of ether oxygens (including phenoxy) is 1. The standard InChI is InChI=1S/C21H22ClN3O5/c1-21(2,3)30-20(27)24-10-4-5-13-11-15(7-9-17(13)24)23-19(26)16-8-6-14(22)12-18(16)25(28)29/h6-9,11-12H,4-5,10H2,1-3H3,(H,23,26). The Balaban J connectivity index is 1.83. The number of nitro groups is 1. The number of rotatable bonds is 3. The van der Waals surface area contributed by atoms with Gasteiger partial charge in [-0.1, -0.05) is 11.6 Å². The third-order valence-corrected chi connectivity index (χ3v) is 4.71. The van der Waals surface area contributed by atoms with E-state index in [4.69, 9.17) is 16.3 Å². The van der Waals surface area contributed by atoms with Crippen LogP contribution >= 0.6 is 11.6 Å². The minimum absolute atomic E-state index is 0.0856. The van der Waals surface area contributed by atoms with Gasteiger partial charge in [-0.3, -0.25) is 19.8 Å². The van der Waals surface area contributed by atoms with Crippen LogP contribution in [0.5, 0.6) is 0 Å². The molecular weight excluding hydrogens is 410 g/mol. The molecule has 8 nitrogen and oxygen atoms in total. The third kappa shape index (κ3) is 4.88. The summed E-state index contributed by atoms with van der Waals surface area (Å²) in [7, 11) is 0. The fraction of sp³-hybridized carbons (Fsp3) is 0.333. The van der Waals surface area contributed by atoms with Crippen molar-refractivity contribution in [2.75, 3.05) is 16.8 Å². The van der Waals surface area contributed by atoms with E-state index < -0.39 is 22.5 Å². The topological polar surface area (TPSA) is 102 Å². The molecule has 158 valence electrons. The number of amides is 2. The van der Waals surface area contributed by atoms with Gasteiger partial charge in [0.2, 0.25) is 0 Å². The van der Waals surface area contributed by atoms with Crippen LogP contribution in [0.15, 0.2) is 36.4 Å². The number of nitrogens with one attached hydrogen (secondary N) is 1. The van der Waals surface area contributed by atoms with Gasteiger partial charge in [-0.25, -0.2) is 4.79 Å². The summed E-state index contributed by atoms with van der Waals surface area (Å²) in [4.78, 5) is 37.3. The minimum atomic E-state index is -0.646. The van der Waals surface area contributed by atoms with Crippen LogP contribution in [-0.2, 0) is 11.2 Å². The average Bonchev–Trinajstić information content (AvgIpc) is 2.65. The SMILES string of the molecule is CC(C)(C)OC(=O)N1CCCc2cc(NC(=O)c3ccc(Cl)cc3[N+](=O)[O-])ccc21. The van der Waals surface area contributed by atoms with Crippen molar-refractivity contribution in [1.29, 1.82) is 0 Å². The molecule has 2 aromatic carbocycles. The first kappa shape index (κ1) is 21.6. The van der Waals surface area contributed by atoms with Gasteiger partial charge in [-0.2, -0.15) is 0 Å². The van der Waals surface area contributed by atoms with Gasteiger partial charge >= 0.3 is 6.09 Å². The molecule has 0 radical (unpaired) electrons. The molecule has 2 amide bonds. The fourth-order valence-electron chi connectivity index (χ4n) is 3.23. The molecule has 0 bridgehead atoms. The number of halogens is 1. The molecule has 1 heterocycles. The first-order valence-corrected chi connectivity index (χ1v) is 9.82. The quantitative estimate of drug-likeness (QED) is 0.532. The first-order valence-electron chi connectivity index (χ1n) is 9.44. The Morgan fingerprint density at radius 1 is 1.20 bits per heavy atom. The number of benzene rings is 2. The summed E-state index contributed by atoms with van der Waals surface area (Å²) in [6.45, 7) is 5.98. The summed E-state index contributed by atoms with van der Waals surface area (Å²) in [5.74, 6) is -0.613. The zero-order valence-corrected chi connectivity index (χ0v) is 17.7. The fourth-order valence-corrected chi connectivity index (χ4v) is 3.39. The molecule has 1 aliphatic heterocycles. The van der Waals surface area contributed by atoms with Gasteiger partial charge in [0.25, 0.3) is 11.6 Å². The lowest BCUT2D eigenvalue weighted by Gasteiger charge is -2.32. The lowest BCUT2D eigenvalue weighted by molar-refractivity contribution is -0.385. The van der Waals surface area contributed by atoms with Gasteiger partial charge < -0.3 is 10.1 Å². The molecule has 3 rings (SSSR count). The highest BCUT2D eigenvalue weighted by Crippen LogP contribution is 2.31. The number of hydrogen-bond acceptors (Lipinski definition) is 5. The van der Waals surface area contributed by atoms with E-state index in [-0.39, 0.29) is 16.3 Å².